The summed E-state index contributed by atoms with van der Waals surface area (Å²) in [6.45, 7) is 5.54. The normalized spacial score (nSPS) is 11.7. The molecule has 6 heteroatoms. The third-order valence-corrected chi connectivity index (χ3v) is 3.35. The van der Waals surface area contributed by atoms with Crippen molar-refractivity contribution in [3.63, 3.8) is 0 Å². The number of hydrogen-bond donors (Lipinski definition) is 1. The first kappa shape index (κ1) is 14.7. The average molecular weight is 342 g/mol. The first-order chi connectivity index (χ1) is 9.20. The van der Waals surface area contributed by atoms with E-state index in [1.165, 1.54) is 18.2 Å². The number of oxazole rings is 1. The number of rotatable bonds is 2. The summed E-state index contributed by atoms with van der Waals surface area (Å²) in [5, 5.41) is 9.20. The molecule has 0 aliphatic rings. The fourth-order valence-corrected chi connectivity index (χ4v) is 2.27. The number of carbonyl (C=O) groups is 1. The smallest absolute Gasteiger partial charge is 0.373 e. The fourth-order valence-electron chi connectivity index (χ4n) is 1.75. The molecule has 20 heavy (non-hydrogen) atoms. The second-order valence-electron chi connectivity index (χ2n) is 5.38. The number of aromatic carboxylic acids is 1. The predicted molar refractivity (Wildman–Crippen MR) is 75.3 cm³/mol. The molecule has 0 amide bonds. The van der Waals surface area contributed by atoms with Crippen LogP contribution in [0.25, 0.3) is 11.5 Å². The van der Waals surface area contributed by atoms with Gasteiger partial charge >= 0.3 is 5.97 Å². The molecule has 0 saturated carbocycles. The van der Waals surface area contributed by atoms with Crippen LogP contribution in [0.15, 0.2) is 27.1 Å². The maximum Gasteiger partial charge on any atom is 0.373 e. The molecule has 0 radical (unpaired) electrons. The van der Waals surface area contributed by atoms with Gasteiger partial charge in [-0.2, -0.15) is 0 Å². The molecule has 0 fully saturated rings. The second-order valence-corrected chi connectivity index (χ2v) is 6.23. The van der Waals surface area contributed by atoms with Crippen molar-refractivity contribution in [1.82, 2.24) is 4.98 Å². The number of benzene rings is 1. The Balaban J connectivity index is 2.62. The van der Waals surface area contributed by atoms with E-state index < -0.39 is 17.2 Å². The Hall–Kier alpha value is -1.69. The van der Waals surface area contributed by atoms with E-state index in [0.29, 0.717) is 15.7 Å². The maximum absolute atomic E-state index is 13.1. The summed E-state index contributed by atoms with van der Waals surface area (Å²) >= 11 is 3.22. The summed E-state index contributed by atoms with van der Waals surface area (Å²) in [6.07, 6.45) is 0. The quantitative estimate of drug-likeness (QED) is 0.887. The van der Waals surface area contributed by atoms with E-state index >= 15 is 0 Å². The highest BCUT2D eigenvalue weighted by molar-refractivity contribution is 9.10. The zero-order chi connectivity index (χ0) is 15.1. The molecule has 106 valence electrons. The molecule has 1 aromatic heterocycles. The van der Waals surface area contributed by atoms with Crippen LogP contribution in [-0.2, 0) is 5.41 Å². The SMILES string of the molecule is CC(C)(C)c1nc(-c2ccc(F)cc2Br)oc1C(=O)O. The number of carboxylic acids is 1. The van der Waals surface area contributed by atoms with Crippen molar-refractivity contribution in [2.75, 3.05) is 0 Å². The highest BCUT2D eigenvalue weighted by Gasteiger charge is 2.29. The van der Waals surface area contributed by atoms with E-state index in [0.717, 1.165) is 0 Å². The van der Waals surface area contributed by atoms with Crippen LogP contribution < -0.4 is 0 Å². The standard InChI is InChI=1S/C14H13BrFNO3/c1-14(2,3)11-10(13(18)19)20-12(17-11)8-5-4-7(16)6-9(8)15/h4-6H,1-3H3,(H,18,19). The second kappa shape index (κ2) is 5.01. The van der Waals surface area contributed by atoms with Crippen molar-refractivity contribution < 1.29 is 18.7 Å². The lowest BCUT2D eigenvalue weighted by atomic mass is 9.91. The Morgan fingerprint density at radius 3 is 2.50 bits per heavy atom. The minimum Gasteiger partial charge on any atom is -0.475 e. The zero-order valence-electron chi connectivity index (χ0n) is 11.2. The third-order valence-electron chi connectivity index (χ3n) is 2.69. The monoisotopic (exact) mass is 341 g/mol. The molecule has 0 saturated heterocycles. The van der Waals surface area contributed by atoms with E-state index in [-0.39, 0.29) is 11.7 Å². The molecule has 0 spiro atoms. The Morgan fingerprint density at radius 2 is 2.05 bits per heavy atom. The van der Waals surface area contributed by atoms with E-state index in [1.54, 1.807) is 0 Å². The van der Waals surface area contributed by atoms with Gasteiger partial charge in [0.2, 0.25) is 11.7 Å². The van der Waals surface area contributed by atoms with Crippen molar-refractivity contribution in [1.29, 1.82) is 0 Å². The lowest BCUT2D eigenvalue weighted by molar-refractivity contribution is 0.0659. The number of carboxylic acid groups (broad SMARTS) is 1. The van der Waals surface area contributed by atoms with Crippen LogP contribution in [0.1, 0.15) is 37.0 Å². The Labute approximate surface area is 123 Å². The van der Waals surface area contributed by atoms with Gasteiger partial charge in [-0.05, 0) is 34.1 Å². The minimum atomic E-state index is -1.17. The van der Waals surface area contributed by atoms with E-state index in [9.17, 15) is 14.3 Å². The molecule has 2 rings (SSSR count). The summed E-state index contributed by atoms with van der Waals surface area (Å²) in [6, 6.07) is 4.03. The van der Waals surface area contributed by atoms with Gasteiger partial charge in [0.25, 0.3) is 0 Å². The summed E-state index contributed by atoms with van der Waals surface area (Å²) in [5.41, 5.74) is 0.391. The van der Waals surface area contributed by atoms with Gasteiger partial charge in [0.1, 0.15) is 11.5 Å². The van der Waals surface area contributed by atoms with Gasteiger partial charge < -0.3 is 9.52 Å². The van der Waals surface area contributed by atoms with Crippen molar-refractivity contribution >= 4 is 21.9 Å². The van der Waals surface area contributed by atoms with Gasteiger partial charge in [-0.15, -0.1) is 0 Å². The summed E-state index contributed by atoms with van der Waals surface area (Å²) in [5.74, 6) is -1.61. The molecule has 1 N–H and O–H groups in total. The molecule has 0 bridgehead atoms. The number of nitrogens with zero attached hydrogens (tertiary/aromatic N) is 1. The van der Waals surface area contributed by atoms with Crippen molar-refractivity contribution in [3.8, 4) is 11.5 Å². The van der Waals surface area contributed by atoms with E-state index in [4.69, 9.17) is 4.42 Å². The van der Waals surface area contributed by atoms with Crippen LogP contribution in [-0.4, -0.2) is 16.1 Å². The summed E-state index contributed by atoms with van der Waals surface area (Å²) < 4.78 is 18.9. The molecular formula is C14H13BrFNO3. The summed E-state index contributed by atoms with van der Waals surface area (Å²) in [7, 11) is 0. The van der Waals surface area contributed by atoms with Crippen molar-refractivity contribution in [3.05, 3.63) is 39.9 Å². The molecule has 0 unspecified atom stereocenters. The van der Waals surface area contributed by atoms with Crippen molar-refractivity contribution in [2.24, 2.45) is 0 Å². The highest BCUT2D eigenvalue weighted by Crippen LogP contribution is 2.33. The topological polar surface area (TPSA) is 63.3 Å². The zero-order valence-corrected chi connectivity index (χ0v) is 12.8. The molecule has 1 aromatic carbocycles. The largest absolute Gasteiger partial charge is 0.475 e. The molecule has 0 atom stereocenters. The third kappa shape index (κ3) is 2.75. The Morgan fingerprint density at radius 1 is 1.40 bits per heavy atom. The van der Waals surface area contributed by atoms with Crippen molar-refractivity contribution in [2.45, 2.75) is 26.2 Å². The fraction of sp³-hybridized carbons (Fsp3) is 0.286. The first-order valence-corrected chi connectivity index (χ1v) is 6.69. The average Bonchev–Trinajstić information content (AvgIpc) is 2.73. The van der Waals surface area contributed by atoms with Gasteiger partial charge in [0.05, 0.1) is 5.56 Å². The number of hydrogen-bond acceptors (Lipinski definition) is 3. The van der Waals surface area contributed by atoms with Crippen LogP contribution in [0.2, 0.25) is 0 Å². The predicted octanol–water partition coefficient (Wildman–Crippen LogP) is 4.24. The Bertz CT molecular complexity index is 674. The van der Waals surface area contributed by atoms with Crippen LogP contribution in [0.4, 0.5) is 4.39 Å². The van der Waals surface area contributed by atoms with Gasteiger partial charge in [0, 0.05) is 9.89 Å². The first-order valence-electron chi connectivity index (χ1n) is 5.90. The van der Waals surface area contributed by atoms with Crippen LogP contribution in [0.5, 0.6) is 0 Å². The van der Waals surface area contributed by atoms with Crippen LogP contribution >= 0.6 is 15.9 Å². The minimum absolute atomic E-state index is 0.152. The molecule has 0 aliphatic heterocycles. The van der Waals surface area contributed by atoms with Gasteiger partial charge in [-0.1, -0.05) is 20.8 Å². The lowest BCUT2D eigenvalue weighted by Gasteiger charge is -2.14. The molecule has 1 heterocycles. The molecular weight excluding hydrogens is 329 g/mol. The number of halogens is 2. The van der Waals surface area contributed by atoms with Crippen LogP contribution in [0, 0.1) is 5.82 Å². The lowest BCUT2D eigenvalue weighted by Crippen LogP contribution is -2.16. The van der Waals surface area contributed by atoms with E-state index in [1.807, 2.05) is 20.8 Å². The van der Waals surface area contributed by atoms with E-state index in [2.05, 4.69) is 20.9 Å². The highest BCUT2D eigenvalue weighted by atomic mass is 79.9. The number of aromatic nitrogens is 1. The molecule has 2 aromatic rings. The molecule has 4 nitrogen and oxygen atoms in total. The van der Waals surface area contributed by atoms with Gasteiger partial charge in [-0.3, -0.25) is 0 Å². The Kier molecular flexibility index (Phi) is 3.69. The van der Waals surface area contributed by atoms with Gasteiger partial charge in [-0.25, -0.2) is 14.2 Å². The van der Waals surface area contributed by atoms with Gasteiger partial charge in [0.15, 0.2) is 0 Å². The molecule has 0 aliphatic carbocycles. The maximum atomic E-state index is 13.1. The van der Waals surface area contributed by atoms with Crippen LogP contribution in [0.3, 0.4) is 0 Å². The summed E-state index contributed by atoms with van der Waals surface area (Å²) in [4.78, 5) is 15.5.